The fourth-order valence-corrected chi connectivity index (χ4v) is 1.69. The van der Waals surface area contributed by atoms with Crippen molar-refractivity contribution in [3.63, 3.8) is 0 Å². The fourth-order valence-electron chi connectivity index (χ4n) is 1.16. The first kappa shape index (κ1) is 13.3. The summed E-state index contributed by atoms with van der Waals surface area (Å²) in [6.45, 7) is 1.04. The molecular formula is C10H13Cl2N3O. The summed E-state index contributed by atoms with van der Waals surface area (Å²) < 4.78 is 4.89. The average Bonchev–Trinajstić information content (AvgIpc) is 2.23. The Morgan fingerprint density at radius 3 is 2.50 bits per heavy atom. The van der Waals surface area contributed by atoms with Crippen LogP contribution in [-0.2, 0) is 4.74 Å². The molecule has 0 saturated carbocycles. The minimum Gasteiger partial charge on any atom is -0.383 e. The van der Waals surface area contributed by atoms with E-state index < -0.39 is 0 Å². The molecule has 1 aromatic carbocycles. The first-order chi connectivity index (χ1) is 7.67. The molecule has 1 rings (SSSR count). The van der Waals surface area contributed by atoms with Gasteiger partial charge >= 0.3 is 0 Å². The van der Waals surface area contributed by atoms with Crippen LogP contribution in [0, 0.1) is 0 Å². The number of hydrogen-bond acceptors (Lipinski definition) is 3. The number of methoxy groups -OCH3 is 1. The predicted molar refractivity (Wildman–Crippen MR) is 67.1 cm³/mol. The molecule has 88 valence electrons. The molecule has 0 aliphatic carbocycles. The standard InChI is InChI=1S/C10H13Cl2N3O/c1-16-3-2-14-10(15-13)7-4-8(11)6-9(12)5-7/h4-6H,2-3,13H2,1H3,(H,14,15). The molecule has 1 aromatic rings. The Hall–Kier alpha value is -0.810. The monoisotopic (exact) mass is 261 g/mol. The predicted octanol–water partition coefficient (Wildman–Crippen LogP) is 1.85. The molecule has 0 bridgehead atoms. The lowest BCUT2D eigenvalue weighted by atomic mass is 10.2. The zero-order chi connectivity index (χ0) is 12.0. The van der Waals surface area contributed by atoms with Crippen LogP contribution < -0.4 is 11.3 Å². The topological polar surface area (TPSA) is 59.6 Å². The van der Waals surface area contributed by atoms with Crippen LogP contribution in [-0.4, -0.2) is 26.1 Å². The Kier molecular flexibility index (Phi) is 5.55. The molecule has 3 N–H and O–H groups in total. The molecule has 0 aliphatic heterocycles. The summed E-state index contributed by atoms with van der Waals surface area (Å²) in [4.78, 5) is 4.22. The number of ether oxygens (including phenoxy) is 1. The van der Waals surface area contributed by atoms with Gasteiger partial charge in [-0.1, -0.05) is 23.2 Å². The van der Waals surface area contributed by atoms with E-state index >= 15 is 0 Å². The number of benzene rings is 1. The van der Waals surface area contributed by atoms with E-state index in [4.69, 9.17) is 33.8 Å². The van der Waals surface area contributed by atoms with Gasteiger partial charge in [-0.2, -0.15) is 0 Å². The van der Waals surface area contributed by atoms with Crippen LogP contribution in [0.15, 0.2) is 23.2 Å². The molecule has 6 heteroatoms. The van der Waals surface area contributed by atoms with E-state index in [9.17, 15) is 0 Å². The van der Waals surface area contributed by atoms with Gasteiger partial charge in [0.2, 0.25) is 0 Å². The third kappa shape index (κ3) is 3.98. The molecule has 0 aliphatic rings. The Morgan fingerprint density at radius 2 is 2.00 bits per heavy atom. The highest BCUT2D eigenvalue weighted by atomic mass is 35.5. The summed E-state index contributed by atoms with van der Waals surface area (Å²) in [5.74, 6) is 5.91. The van der Waals surface area contributed by atoms with Gasteiger partial charge in [0.1, 0.15) is 5.84 Å². The highest BCUT2D eigenvalue weighted by Crippen LogP contribution is 2.19. The largest absolute Gasteiger partial charge is 0.383 e. The van der Waals surface area contributed by atoms with Crippen LogP contribution in [0.1, 0.15) is 5.56 Å². The van der Waals surface area contributed by atoms with Gasteiger partial charge in [0.25, 0.3) is 0 Å². The van der Waals surface area contributed by atoms with Gasteiger partial charge in [-0.25, -0.2) is 5.84 Å². The highest BCUT2D eigenvalue weighted by molar-refractivity contribution is 6.35. The number of aliphatic imine (C=N–C) groups is 1. The normalized spacial score (nSPS) is 11.6. The quantitative estimate of drug-likeness (QED) is 0.286. The van der Waals surface area contributed by atoms with Crippen LogP contribution in [0.5, 0.6) is 0 Å². The third-order valence-corrected chi connectivity index (χ3v) is 2.27. The summed E-state index contributed by atoms with van der Waals surface area (Å²) >= 11 is 11.8. The molecule has 0 saturated heterocycles. The number of nitrogens with zero attached hydrogens (tertiary/aromatic N) is 1. The zero-order valence-corrected chi connectivity index (χ0v) is 10.3. The first-order valence-electron chi connectivity index (χ1n) is 4.64. The number of rotatable bonds is 4. The number of nitrogens with two attached hydrogens (primary N) is 1. The number of nitrogens with one attached hydrogen (secondary N) is 1. The number of halogens is 2. The maximum absolute atomic E-state index is 5.88. The van der Waals surface area contributed by atoms with Crippen molar-refractivity contribution < 1.29 is 4.74 Å². The lowest BCUT2D eigenvalue weighted by Crippen LogP contribution is -2.31. The van der Waals surface area contributed by atoms with Crippen LogP contribution >= 0.6 is 23.2 Å². The van der Waals surface area contributed by atoms with Gasteiger partial charge in [-0.3, -0.25) is 4.99 Å². The highest BCUT2D eigenvalue weighted by Gasteiger charge is 2.04. The van der Waals surface area contributed by atoms with Crippen molar-refractivity contribution in [2.75, 3.05) is 20.3 Å². The van der Waals surface area contributed by atoms with Gasteiger partial charge in [0.05, 0.1) is 13.2 Å². The first-order valence-corrected chi connectivity index (χ1v) is 5.39. The minimum absolute atomic E-state index is 0.514. The minimum atomic E-state index is 0.514. The Morgan fingerprint density at radius 1 is 1.38 bits per heavy atom. The van der Waals surface area contributed by atoms with Crippen molar-refractivity contribution in [3.8, 4) is 0 Å². The van der Waals surface area contributed by atoms with Gasteiger partial charge in [0, 0.05) is 22.7 Å². The van der Waals surface area contributed by atoms with Crippen LogP contribution in [0.2, 0.25) is 10.0 Å². The third-order valence-electron chi connectivity index (χ3n) is 1.84. The summed E-state index contributed by atoms with van der Waals surface area (Å²) in [6.07, 6.45) is 0. The van der Waals surface area contributed by atoms with Gasteiger partial charge in [-0.15, -0.1) is 0 Å². The molecule has 16 heavy (non-hydrogen) atoms. The number of hydrogen-bond donors (Lipinski definition) is 2. The number of amidine groups is 1. The summed E-state index contributed by atoms with van der Waals surface area (Å²) in [5.41, 5.74) is 3.26. The fraction of sp³-hybridized carbons (Fsp3) is 0.300. The molecule has 0 spiro atoms. The second-order valence-electron chi connectivity index (χ2n) is 3.03. The van der Waals surface area contributed by atoms with Gasteiger partial charge in [0.15, 0.2) is 0 Å². The summed E-state index contributed by atoms with van der Waals surface area (Å²) in [5, 5.41) is 1.08. The van der Waals surface area contributed by atoms with Crippen LogP contribution in [0.4, 0.5) is 0 Å². The summed E-state index contributed by atoms with van der Waals surface area (Å²) in [6, 6.07) is 5.12. The molecule has 4 nitrogen and oxygen atoms in total. The molecule has 0 aromatic heterocycles. The smallest absolute Gasteiger partial charge is 0.142 e. The van der Waals surface area contributed by atoms with Crippen molar-refractivity contribution in [1.29, 1.82) is 0 Å². The van der Waals surface area contributed by atoms with E-state index in [0.29, 0.717) is 29.0 Å². The molecule has 0 fully saturated rings. The SMILES string of the molecule is COCCN=C(NN)c1cc(Cl)cc(Cl)c1. The van der Waals surface area contributed by atoms with E-state index in [-0.39, 0.29) is 0 Å². The molecular weight excluding hydrogens is 249 g/mol. The average molecular weight is 262 g/mol. The Bertz CT molecular complexity index is 362. The van der Waals surface area contributed by atoms with Gasteiger partial charge < -0.3 is 10.2 Å². The van der Waals surface area contributed by atoms with E-state index in [1.165, 1.54) is 0 Å². The Labute approximate surface area is 104 Å². The van der Waals surface area contributed by atoms with Crippen molar-refractivity contribution in [2.24, 2.45) is 10.8 Å². The molecule has 0 heterocycles. The van der Waals surface area contributed by atoms with E-state index in [1.807, 2.05) is 0 Å². The lowest BCUT2D eigenvalue weighted by molar-refractivity contribution is 0.208. The van der Waals surface area contributed by atoms with Crippen LogP contribution in [0.25, 0.3) is 0 Å². The van der Waals surface area contributed by atoms with Crippen molar-refractivity contribution in [2.45, 2.75) is 0 Å². The second kappa shape index (κ2) is 6.70. The second-order valence-corrected chi connectivity index (χ2v) is 3.90. The zero-order valence-electron chi connectivity index (χ0n) is 8.84. The number of hydrazine groups is 1. The maximum atomic E-state index is 5.88. The summed E-state index contributed by atoms with van der Waals surface area (Å²) in [7, 11) is 1.61. The Balaban J connectivity index is 2.90. The van der Waals surface area contributed by atoms with Crippen molar-refractivity contribution in [1.82, 2.24) is 5.43 Å². The van der Waals surface area contributed by atoms with E-state index in [2.05, 4.69) is 10.4 Å². The maximum Gasteiger partial charge on any atom is 0.142 e. The molecule has 0 radical (unpaired) electrons. The molecule has 0 atom stereocenters. The van der Waals surface area contributed by atoms with Crippen molar-refractivity contribution in [3.05, 3.63) is 33.8 Å². The van der Waals surface area contributed by atoms with E-state index in [1.54, 1.807) is 25.3 Å². The van der Waals surface area contributed by atoms with Gasteiger partial charge in [-0.05, 0) is 18.2 Å². The van der Waals surface area contributed by atoms with Crippen LogP contribution in [0.3, 0.4) is 0 Å². The molecule has 0 amide bonds. The van der Waals surface area contributed by atoms with Crippen molar-refractivity contribution >= 4 is 29.0 Å². The molecule has 0 unspecified atom stereocenters. The van der Waals surface area contributed by atoms with E-state index in [0.717, 1.165) is 5.56 Å². The lowest BCUT2D eigenvalue weighted by Gasteiger charge is -2.07.